The van der Waals surface area contributed by atoms with Crippen LogP contribution in [0.5, 0.6) is 0 Å². The molecule has 0 saturated heterocycles. The fraction of sp³-hybridized carbons (Fsp3) is 0.364. The first kappa shape index (κ1) is 15.6. The van der Waals surface area contributed by atoms with Crippen molar-refractivity contribution in [1.29, 1.82) is 0 Å². The van der Waals surface area contributed by atoms with E-state index < -0.39 is 18.3 Å². The quantitative estimate of drug-likeness (QED) is 0.843. The molecule has 0 spiro atoms. The maximum atomic E-state index is 12.7. The largest absolute Gasteiger partial charge is 0.384 e. The van der Waals surface area contributed by atoms with E-state index in [0.29, 0.717) is 6.42 Å². The van der Waals surface area contributed by atoms with Crippen molar-refractivity contribution in [3.8, 4) is 0 Å². The summed E-state index contributed by atoms with van der Waals surface area (Å²) in [6.45, 7) is 0.722. The van der Waals surface area contributed by atoms with Gasteiger partial charge in [0.05, 0.1) is 0 Å². The first-order valence-corrected chi connectivity index (χ1v) is 5.25. The number of carbonyl (C=O) groups excluding carboxylic acids is 1. The van der Waals surface area contributed by atoms with Crippen molar-refractivity contribution in [2.45, 2.75) is 18.8 Å². The van der Waals surface area contributed by atoms with Crippen LogP contribution in [-0.4, -0.2) is 24.8 Å². The number of halogens is 5. The number of hydrogen-bond donors (Lipinski definition) is 2. The number of benzene rings is 1. The van der Waals surface area contributed by atoms with Gasteiger partial charge >= 0.3 is 18.3 Å². The van der Waals surface area contributed by atoms with Gasteiger partial charge in [-0.2, -0.15) is 8.78 Å². The predicted molar refractivity (Wildman–Crippen MR) is 65.5 cm³/mol. The first-order valence-electron chi connectivity index (χ1n) is 5.25. The highest BCUT2D eigenvalue weighted by Crippen LogP contribution is 2.28. The summed E-state index contributed by atoms with van der Waals surface area (Å²) in [5.74, 6) is -6.68. The van der Waals surface area contributed by atoms with Crippen molar-refractivity contribution in [2.75, 3.05) is 17.2 Å². The van der Waals surface area contributed by atoms with Crippen LogP contribution < -0.4 is 10.6 Å². The SMILES string of the molecule is Cl.O=C(Nc1ccc2c(c1)CCN2)C(F)(F)C(F)F. The molecule has 19 heavy (non-hydrogen) atoms. The zero-order valence-corrected chi connectivity index (χ0v) is 10.4. The Kier molecular flexibility index (Phi) is 4.62. The van der Waals surface area contributed by atoms with Crippen LogP contribution in [0.15, 0.2) is 18.2 Å². The molecule has 8 heteroatoms. The molecule has 0 bridgehead atoms. The lowest BCUT2D eigenvalue weighted by molar-refractivity contribution is -0.163. The van der Waals surface area contributed by atoms with E-state index in [2.05, 4.69) is 5.32 Å². The molecule has 2 N–H and O–H groups in total. The second-order valence-electron chi connectivity index (χ2n) is 3.93. The van der Waals surface area contributed by atoms with Crippen LogP contribution in [0.1, 0.15) is 5.56 Å². The molecular formula is C11H11ClF4N2O. The lowest BCUT2D eigenvalue weighted by Gasteiger charge is -2.15. The van der Waals surface area contributed by atoms with E-state index in [0.717, 1.165) is 17.8 Å². The Morgan fingerprint density at radius 2 is 2.05 bits per heavy atom. The van der Waals surface area contributed by atoms with Crippen LogP contribution >= 0.6 is 12.4 Å². The highest BCUT2D eigenvalue weighted by molar-refractivity contribution is 5.96. The third-order valence-corrected chi connectivity index (χ3v) is 2.65. The molecule has 2 rings (SSSR count). The summed E-state index contributed by atoms with van der Waals surface area (Å²) in [6.07, 6.45) is -3.32. The van der Waals surface area contributed by atoms with Crippen molar-refractivity contribution >= 4 is 29.7 Å². The highest BCUT2D eigenvalue weighted by atomic mass is 35.5. The van der Waals surface area contributed by atoms with Gasteiger partial charge < -0.3 is 10.6 Å². The minimum atomic E-state index is -4.68. The molecule has 1 heterocycles. The van der Waals surface area contributed by atoms with Gasteiger partial charge in [-0.1, -0.05) is 0 Å². The maximum Gasteiger partial charge on any atom is 0.383 e. The van der Waals surface area contributed by atoms with Gasteiger partial charge in [-0.15, -0.1) is 12.4 Å². The molecule has 1 amide bonds. The summed E-state index contributed by atoms with van der Waals surface area (Å²) < 4.78 is 49.4. The Labute approximate surface area is 112 Å². The van der Waals surface area contributed by atoms with Gasteiger partial charge in [-0.3, -0.25) is 4.79 Å². The molecule has 1 aliphatic heterocycles. The normalized spacial score (nSPS) is 13.5. The van der Waals surface area contributed by atoms with E-state index in [1.807, 2.05) is 0 Å². The third kappa shape index (κ3) is 3.09. The summed E-state index contributed by atoms with van der Waals surface area (Å²) in [7, 11) is 0. The minimum absolute atomic E-state index is 0. The van der Waals surface area contributed by atoms with Gasteiger partial charge in [-0.05, 0) is 30.2 Å². The van der Waals surface area contributed by atoms with Gasteiger partial charge in [0, 0.05) is 17.9 Å². The highest BCUT2D eigenvalue weighted by Gasteiger charge is 2.48. The van der Waals surface area contributed by atoms with Gasteiger partial charge in [0.15, 0.2) is 0 Å². The number of hydrogen-bond acceptors (Lipinski definition) is 2. The average Bonchev–Trinajstić information content (AvgIpc) is 2.75. The number of nitrogens with one attached hydrogen (secondary N) is 2. The van der Waals surface area contributed by atoms with Gasteiger partial charge in [0.25, 0.3) is 0 Å². The Morgan fingerprint density at radius 1 is 1.37 bits per heavy atom. The Bertz CT molecular complexity index is 482. The van der Waals surface area contributed by atoms with Gasteiger partial charge in [0.1, 0.15) is 0 Å². The predicted octanol–water partition coefficient (Wildman–Crippen LogP) is 2.92. The second kappa shape index (κ2) is 5.64. The molecule has 0 radical (unpaired) electrons. The summed E-state index contributed by atoms with van der Waals surface area (Å²) in [5, 5.41) is 4.84. The zero-order valence-electron chi connectivity index (χ0n) is 9.55. The molecular weight excluding hydrogens is 288 g/mol. The van der Waals surface area contributed by atoms with Crippen LogP contribution in [-0.2, 0) is 11.2 Å². The lowest BCUT2D eigenvalue weighted by atomic mass is 10.1. The molecule has 0 aliphatic carbocycles. The van der Waals surface area contributed by atoms with Crippen LogP contribution in [0.4, 0.5) is 28.9 Å². The number of rotatable bonds is 3. The van der Waals surface area contributed by atoms with Crippen LogP contribution in [0.2, 0.25) is 0 Å². The zero-order chi connectivity index (χ0) is 13.3. The maximum absolute atomic E-state index is 12.7. The van der Waals surface area contributed by atoms with Crippen molar-refractivity contribution in [1.82, 2.24) is 0 Å². The number of alkyl halides is 4. The van der Waals surface area contributed by atoms with Crippen molar-refractivity contribution in [3.05, 3.63) is 23.8 Å². The van der Waals surface area contributed by atoms with Crippen molar-refractivity contribution in [2.24, 2.45) is 0 Å². The molecule has 0 atom stereocenters. The number of anilines is 2. The van der Waals surface area contributed by atoms with E-state index in [9.17, 15) is 22.4 Å². The summed E-state index contributed by atoms with van der Waals surface area (Å²) in [6, 6.07) is 4.49. The topological polar surface area (TPSA) is 41.1 Å². The van der Waals surface area contributed by atoms with Crippen molar-refractivity contribution in [3.63, 3.8) is 0 Å². The average molecular weight is 299 g/mol. The van der Waals surface area contributed by atoms with E-state index in [4.69, 9.17) is 0 Å². The molecule has 1 aromatic carbocycles. The van der Waals surface area contributed by atoms with Crippen LogP contribution in [0.3, 0.4) is 0 Å². The Balaban J connectivity index is 0.00000180. The first-order chi connectivity index (χ1) is 8.41. The fourth-order valence-electron chi connectivity index (χ4n) is 1.70. The van der Waals surface area contributed by atoms with Gasteiger partial charge in [0.2, 0.25) is 0 Å². The van der Waals surface area contributed by atoms with E-state index in [1.165, 1.54) is 12.1 Å². The van der Waals surface area contributed by atoms with E-state index in [1.54, 1.807) is 11.4 Å². The molecule has 0 aromatic heterocycles. The molecule has 1 aromatic rings. The molecule has 0 unspecified atom stereocenters. The van der Waals surface area contributed by atoms with E-state index in [-0.39, 0.29) is 18.1 Å². The van der Waals surface area contributed by atoms with Crippen molar-refractivity contribution < 1.29 is 22.4 Å². The monoisotopic (exact) mass is 298 g/mol. The molecule has 3 nitrogen and oxygen atoms in total. The second-order valence-corrected chi connectivity index (χ2v) is 3.93. The number of fused-ring (bicyclic) bond motifs is 1. The van der Waals surface area contributed by atoms with Gasteiger partial charge in [-0.25, -0.2) is 8.78 Å². The van der Waals surface area contributed by atoms with Crippen LogP contribution in [0.25, 0.3) is 0 Å². The Morgan fingerprint density at radius 3 is 2.68 bits per heavy atom. The minimum Gasteiger partial charge on any atom is -0.384 e. The lowest BCUT2D eigenvalue weighted by Crippen LogP contribution is -2.40. The summed E-state index contributed by atoms with van der Waals surface area (Å²) in [5.41, 5.74) is 1.80. The number of carbonyl (C=O) groups is 1. The molecule has 0 saturated carbocycles. The molecule has 1 aliphatic rings. The standard InChI is InChI=1S/C11H10F4N2O.ClH/c12-9(13)11(14,15)10(18)17-7-1-2-8-6(5-7)3-4-16-8;/h1-2,5,9,16H,3-4H2,(H,17,18);1H. The number of amides is 1. The third-order valence-electron chi connectivity index (χ3n) is 2.65. The smallest absolute Gasteiger partial charge is 0.383 e. The summed E-state index contributed by atoms with van der Waals surface area (Å²) in [4.78, 5) is 11.0. The summed E-state index contributed by atoms with van der Waals surface area (Å²) >= 11 is 0. The van der Waals surface area contributed by atoms with E-state index >= 15 is 0 Å². The molecule has 106 valence electrons. The fourth-order valence-corrected chi connectivity index (χ4v) is 1.70. The van der Waals surface area contributed by atoms with Crippen LogP contribution in [0, 0.1) is 0 Å². The Hall–Kier alpha value is -1.50. The molecule has 0 fully saturated rings.